The van der Waals surface area contributed by atoms with E-state index in [1.165, 1.54) is 5.56 Å². The Labute approximate surface area is 145 Å². The van der Waals surface area contributed by atoms with Crippen LogP contribution < -0.4 is 0 Å². The average Bonchev–Trinajstić information content (AvgIpc) is 2.63. The van der Waals surface area contributed by atoms with E-state index in [9.17, 15) is 4.79 Å². The minimum absolute atomic E-state index is 0.135. The molecule has 0 N–H and O–H groups in total. The van der Waals surface area contributed by atoms with Gasteiger partial charge in [-0.1, -0.05) is 19.1 Å². The van der Waals surface area contributed by atoms with Gasteiger partial charge in [-0.25, -0.2) is 0 Å². The van der Waals surface area contributed by atoms with Crippen molar-refractivity contribution in [3.63, 3.8) is 0 Å². The number of carbonyl (C=O) groups excluding carboxylic acids is 1. The monoisotopic (exact) mass is 331 g/mol. The molecule has 0 radical (unpaired) electrons. The molecule has 0 saturated carbocycles. The lowest BCUT2D eigenvalue weighted by Crippen LogP contribution is -2.48. The Kier molecular flexibility index (Phi) is 5.87. The summed E-state index contributed by atoms with van der Waals surface area (Å²) in [5.41, 5.74) is 2.07. The lowest BCUT2D eigenvalue weighted by atomic mass is 10.1. The number of ether oxygens (including phenoxy) is 1. The number of morpholine rings is 1. The highest BCUT2D eigenvalue weighted by Gasteiger charge is 2.26. The molecule has 0 spiro atoms. The zero-order chi connectivity index (χ0) is 16.9. The summed E-state index contributed by atoms with van der Waals surface area (Å²) in [6, 6.07) is 8.38. The second-order valence-corrected chi connectivity index (χ2v) is 6.91. The number of amides is 1. The topological polar surface area (TPSA) is 36.0 Å². The number of benzene rings is 1. The number of hydrogen-bond donors (Lipinski definition) is 0. The van der Waals surface area contributed by atoms with Crippen molar-refractivity contribution < 1.29 is 9.53 Å². The fourth-order valence-corrected chi connectivity index (χ4v) is 3.44. The first-order valence-electron chi connectivity index (χ1n) is 9.06. The van der Waals surface area contributed by atoms with Crippen molar-refractivity contribution in [3.05, 3.63) is 35.4 Å². The third-order valence-electron chi connectivity index (χ3n) is 5.16. The zero-order valence-corrected chi connectivity index (χ0v) is 14.9. The molecule has 3 rings (SSSR count). The summed E-state index contributed by atoms with van der Waals surface area (Å²) in [6.45, 7) is 9.56. The van der Waals surface area contributed by atoms with Gasteiger partial charge >= 0.3 is 0 Å². The number of hydrogen-bond acceptors (Lipinski definition) is 4. The van der Waals surface area contributed by atoms with Crippen molar-refractivity contribution in [1.82, 2.24) is 14.7 Å². The van der Waals surface area contributed by atoms with Crippen LogP contribution in [0.3, 0.4) is 0 Å². The van der Waals surface area contributed by atoms with Crippen molar-refractivity contribution in [2.45, 2.75) is 25.9 Å². The third-order valence-corrected chi connectivity index (χ3v) is 5.16. The van der Waals surface area contributed by atoms with Crippen LogP contribution in [0.5, 0.6) is 0 Å². The first-order chi connectivity index (χ1) is 11.7. The molecule has 5 nitrogen and oxygen atoms in total. The summed E-state index contributed by atoms with van der Waals surface area (Å²) in [7, 11) is 2.17. The molecule has 1 aromatic carbocycles. The van der Waals surface area contributed by atoms with E-state index in [-0.39, 0.29) is 11.9 Å². The minimum Gasteiger partial charge on any atom is -0.377 e. The maximum atomic E-state index is 12.8. The van der Waals surface area contributed by atoms with E-state index in [0.29, 0.717) is 19.8 Å². The quantitative estimate of drug-likeness (QED) is 0.841. The number of likely N-dealkylation sites (N-methyl/N-ethyl adjacent to an activating group) is 1. The average molecular weight is 331 g/mol. The van der Waals surface area contributed by atoms with Gasteiger partial charge in [-0.05, 0) is 31.2 Å². The molecule has 2 aliphatic rings. The third kappa shape index (κ3) is 4.15. The maximum absolute atomic E-state index is 12.8. The number of carbonyl (C=O) groups is 1. The molecule has 1 atom stereocenters. The molecule has 2 heterocycles. The summed E-state index contributed by atoms with van der Waals surface area (Å²) in [5.74, 6) is 0.135. The van der Waals surface area contributed by atoms with Gasteiger partial charge in [0.2, 0.25) is 0 Å². The summed E-state index contributed by atoms with van der Waals surface area (Å²) in [6.07, 6.45) is 0.938. The Hall–Kier alpha value is -1.43. The smallest absolute Gasteiger partial charge is 0.254 e. The standard InChI is InChI=1S/C19H29N3O2/c1-3-18-15-24-13-12-22(18)19(23)17-6-4-16(5-7-17)14-21-10-8-20(2)9-11-21/h4-7,18H,3,8-15H2,1-2H3/t18-/m0/s1. The van der Waals surface area contributed by atoms with E-state index in [1.54, 1.807) is 0 Å². The summed E-state index contributed by atoms with van der Waals surface area (Å²) < 4.78 is 5.50. The Morgan fingerprint density at radius 1 is 1.12 bits per heavy atom. The molecule has 2 fully saturated rings. The molecule has 0 aromatic heterocycles. The van der Waals surface area contributed by atoms with Crippen LogP contribution in [-0.2, 0) is 11.3 Å². The summed E-state index contributed by atoms with van der Waals surface area (Å²) in [5, 5.41) is 0. The van der Waals surface area contributed by atoms with Crippen LogP contribution in [0, 0.1) is 0 Å². The fourth-order valence-electron chi connectivity index (χ4n) is 3.44. The van der Waals surface area contributed by atoms with Crippen LogP contribution in [0.15, 0.2) is 24.3 Å². The number of piperazine rings is 1. The van der Waals surface area contributed by atoms with E-state index >= 15 is 0 Å². The molecule has 2 aliphatic heterocycles. The lowest BCUT2D eigenvalue weighted by molar-refractivity contribution is -0.00279. The van der Waals surface area contributed by atoms with Gasteiger partial charge in [0.25, 0.3) is 5.91 Å². The lowest BCUT2D eigenvalue weighted by Gasteiger charge is -2.35. The van der Waals surface area contributed by atoms with Gasteiger partial charge in [0, 0.05) is 44.8 Å². The Balaban J connectivity index is 1.60. The first kappa shape index (κ1) is 17.4. The van der Waals surface area contributed by atoms with Crippen molar-refractivity contribution in [2.75, 3.05) is 53.0 Å². The second-order valence-electron chi connectivity index (χ2n) is 6.91. The summed E-state index contributed by atoms with van der Waals surface area (Å²) >= 11 is 0. The van der Waals surface area contributed by atoms with Crippen molar-refractivity contribution in [1.29, 1.82) is 0 Å². The van der Waals surface area contributed by atoms with Crippen LogP contribution in [-0.4, -0.2) is 79.6 Å². The zero-order valence-electron chi connectivity index (χ0n) is 14.9. The first-order valence-corrected chi connectivity index (χ1v) is 9.06. The predicted molar refractivity (Wildman–Crippen MR) is 95.2 cm³/mol. The molecule has 5 heteroatoms. The molecule has 0 unspecified atom stereocenters. The van der Waals surface area contributed by atoms with E-state index in [4.69, 9.17) is 4.74 Å². The molecule has 1 amide bonds. The van der Waals surface area contributed by atoms with E-state index in [0.717, 1.165) is 44.7 Å². The number of rotatable bonds is 4. The molecular formula is C19H29N3O2. The van der Waals surface area contributed by atoms with Gasteiger partial charge in [0.05, 0.1) is 19.3 Å². The van der Waals surface area contributed by atoms with Crippen molar-refractivity contribution in [2.24, 2.45) is 0 Å². The molecule has 1 aromatic rings. The molecule has 2 saturated heterocycles. The second kappa shape index (κ2) is 8.10. The van der Waals surface area contributed by atoms with Gasteiger partial charge in [0.15, 0.2) is 0 Å². The van der Waals surface area contributed by atoms with Gasteiger partial charge in [-0.15, -0.1) is 0 Å². The molecule has 0 bridgehead atoms. The van der Waals surface area contributed by atoms with Crippen LogP contribution in [0.1, 0.15) is 29.3 Å². The Morgan fingerprint density at radius 2 is 1.83 bits per heavy atom. The van der Waals surface area contributed by atoms with Gasteiger partial charge in [0.1, 0.15) is 0 Å². The van der Waals surface area contributed by atoms with Crippen LogP contribution in [0.4, 0.5) is 0 Å². The minimum atomic E-state index is 0.135. The Bertz CT molecular complexity index is 538. The highest BCUT2D eigenvalue weighted by Crippen LogP contribution is 2.16. The van der Waals surface area contributed by atoms with Crippen molar-refractivity contribution in [3.8, 4) is 0 Å². The van der Waals surface area contributed by atoms with Crippen LogP contribution >= 0.6 is 0 Å². The maximum Gasteiger partial charge on any atom is 0.254 e. The predicted octanol–water partition coefficient (Wildman–Crippen LogP) is 1.69. The SMILES string of the molecule is CC[C@H]1COCCN1C(=O)c1ccc(CN2CCN(C)CC2)cc1. The molecular weight excluding hydrogens is 302 g/mol. The van der Waals surface area contributed by atoms with E-state index in [2.05, 4.69) is 35.9 Å². The largest absolute Gasteiger partial charge is 0.377 e. The van der Waals surface area contributed by atoms with E-state index in [1.807, 2.05) is 17.0 Å². The molecule has 24 heavy (non-hydrogen) atoms. The van der Waals surface area contributed by atoms with Crippen molar-refractivity contribution >= 4 is 5.91 Å². The normalized spacial score (nSPS) is 23.4. The van der Waals surface area contributed by atoms with Gasteiger partial charge in [-0.2, -0.15) is 0 Å². The fraction of sp³-hybridized carbons (Fsp3) is 0.632. The van der Waals surface area contributed by atoms with Gasteiger partial charge in [-0.3, -0.25) is 9.69 Å². The van der Waals surface area contributed by atoms with Crippen LogP contribution in [0.2, 0.25) is 0 Å². The van der Waals surface area contributed by atoms with E-state index < -0.39 is 0 Å². The Morgan fingerprint density at radius 3 is 2.50 bits per heavy atom. The summed E-state index contributed by atoms with van der Waals surface area (Å²) in [4.78, 5) is 19.6. The van der Waals surface area contributed by atoms with Gasteiger partial charge < -0.3 is 14.5 Å². The molecule has 132 valence electrons. The van der Waals surface area contributed by atoms with Crippen LogP contribution in [0.25, 0.3) is 0 Å². The highest BCUT2D eigenvalue weighted by atomic mass is 16.5. The highest BCUT2D eigenvalue weighted by molar-refractivity contribution is 5.94. The number of nitrogens with zero attached hydrogens (tertiary/aromatic N) is 3. The molecule has 0 aliphatic carbocycles.